The normalized spacial score (nSPS) is 14.6. The van der Waals surface area contributed by atoms with E-state index < -0.39 is 17.6 Å². The third kappa shape index (κ3) is 6.18. The summed E-state index contributed by atoms with van der Waals surface area (Å²) in [5.41, 5.74) is 0.737. The van der Waals surface area contributed by atoms with Crippen LogP contribution in [0.25, 0.3) is 5.57 Å². The van der Waals surface area contributed by atoms with Gasteiger partial charge in [-0.05, 0) is 50.3 Å². The lowest BCUT2D eigenvalue weighted by Crippen LogP contribution is -2.38. The Morgan fingerprint density at radius 2 is 1.97 bits per heavy atom. The molecule has 3 heterocycles. The van der Waals surface area contributed by atoms with Crippen LogP contribution in [0.4, 0.5) is 19.0 Å². The molecule has 0 saturated heterocycles. The van der Waals surface area contributed by atoms with Crippen LogP contribution in [0.5, 0.6) is 0 Å². The highest BCUT2D eigenvalue weighted by atomic mass is 19.4. The summed E-state index contributed by atoms with van der Waals surface area (Å²) in [4.78, 5) is 34.0. The number of alkyl halides is 3. The molecule has 0 atom stereocenters. The van der Waals surface area contributed by atoms with Gasteiger partial charge in [0.1, 0.15) is 11.6 Å². The first-order valence-corrected chi connectivity index (χ1v) is 10.6. The molecule has 0 aliphatic carbocycles. The zero-order valence-corrected chi connectivity index (χ0v) is 18.9. The fourth-order valence-corrected chi connectivity index (χ4v) is 3.46. The summed E-state index contributed by atoms with van der Waals surface area (Å²) in [6, 6.07) is 2.83. The average molecular weight is 474 g/mol. The Morgan fingerprint density at radius 3 is 2.68 bits per heavy atom. The molecule has 8 nitrogen and oxygen atoms in total. The van der Waals surface area contributed by atoms with Crippen LogP contribution in [-0.2, 0) is 22.3 Å². The van der Waals surface area contributed by atoms with Crippen molar-refractivity contribution in [2.75, 3.05) is 11.4 Å². The molecule has 180 valence electrons. The van der Waals surface area contributed by atoms with Crippen LogP contribution >= 0.6 is 0 Å². The second kappa shape index (κ2) is 10.4. The van der Waals surface area contributed by atoms with Crippen LogP contribution in [0.15, 0.2) is 47.5 Å². The number of anilines is 1. The molecular formula is C23H25F3N6O2. The Labute approximate surface area is 194 Å². The van der Waals surface area contributed by atoms with Gasteiger partial charge in [-0.25, -0.2) is 9.67 Å². The van der Waals surface area contributed by atoms with E-state index in [1.54, 1.807) is 16.5 Å². The van der Waals surface area contributed by atoms with Crippen LogP contribution in [0, 0.1) is 6.92 Å². The number of allylic oxidation sites excluding steroid dienone is 3. The zero-order chi connectivity index (χ0) is 24.9. The molecule has 0 fully saturated rings. The van der Waals surface area contributed by atoms with Gasteiger partial charge >= 0.3 is 6.18 Å². The molecular weight excluding hydrogens is 449 g/mol. The standard InChI is InChI=1S/C23H25F3N6O2/c1-15(17-12-18(14-28-13-17)23(24,25)26)5-6-19(27-3)29-20(33)7-8-22(34)31-9-4-10-32-21(31)11-16(2)30-32/h5-6,11-14H,3-4,7-10H2,1-2H3,(H,29,33)/b15-5+,19-6+. The number of hydrogen-bond donors (Lipinski definition) is 1. The summed E-state index contributed by atoms with van der Waals surface area (Å²) in [5, 5.41) is 6.91. The molecule has 0 aromatic carbocycles. The van der Waals surface area contributed by atoms with E-state index in [1.165, 1.54) is 18.3 Å². The van der Waals surface area contributed by atoms with E-state index in [9.17, 15) is 22.8 Å². The van der Waals surface area contributed by atoms with Gasteiger partial charge in [0.15, 0.2) is 0 Å². The van der Waals surface area contributed by atoms with Crippen molar-refractivity contribution >= 4 is 29.9 Å². The van der Waals surface area contributed by atoms with Crippen LogP contribution in [0.2, 0.25) is 0 Å². The van der Waals surface area contributed by atoms with Crippen LogP contribution < -0.4 is 10.2 Å². The van der Waals surface area contributed by atoms with Gasteiger partial charge in [0.25, 0.3) is 0 Å². The van der Waals surface area contributed by atoms with E-state index in [2.05, 4.69) is 27.1 Å². The first kappa shape index (κ1) is 24.9. The third-order valence-electron chi connectivity index (χ3n) is 5.23. The monoisotopic (exact) mass is 474 g/mol. The lowest BCUT2D eigenvalue weighted by Gasteiger charge is -2.27. The van der Waals surface area contributed by atoms with E-state index in [1.807, 2.05) is 13.0 Å². The Balaban J connectivity index is 1.59. The number of aryl methyl sites for hydroxylation is 2. The van der Waals surface area contributed by atoms with E-state index in [0.717, 1.165) is 36.7 Å². The highest BCUT2D eigenvalue weighted by Crippen LogP contribution is 2.30. The van der Waals surface area contributed by atoms with Crippen molar-refractivity contribution in [3.8, 4) is 0 Å². The number of halogens is 3. The number of fused-ring (bicyclic) bond motifs is 1. The third-order valence-corrected chi connectivity index (χ3v) is 5.23. The van der Waals surface area contributed by atoms with Gasteiger partial charge in [0.2, 0.25) is 11.8 Å². The van der Waals surface area contributed by atoms with E-state index in [4.69, 9.17) is 0 Å². The van der Waals surface area contributed by atoms with Crippen molar-refractivity contribution < 1.29 is 22.8 Å². The summed E-state index contributed by atoms with van der Waals surface area (Å²) in [6.45, 7) is 8.18. The van der Waals surface area contributed by atoms with Gasteiger partial charge in [0.05, 0.1) is 11.3 Å². The van der Waals surface area contributed by atoms with Crippen molar-refractivity contribution in [1.82, 2.24) is 20.1 Å². The molecule has 1 aliphatic heterocycles. The quantitative estimate of drug-likeness (QED) is 0.487. The molecule has 34 heavy (non-hydrogen) atoms. The van der Waals surface area contributed by atoms with Gasteiger partial charge < -0.3 is 5.32 Å². The van der Waals surface area contributed by atoms with Gasteiger partial charge in [-0.2, -0.15) is 18.3 Å². The van der Waals surface area contributed by atoms with Crippen LogP contribution in [-0.4, -0.2) is 39.8 Å². The maximum atomic E-state index is 12.9. The number of nitrogens with one attached hydrogen (secondary N) is 1. The Morgan fingerprint density at radius 1 is 1.21 bits per heavy atom. The first-order valence-electron chi connectivity index (χ1n) is 10.6. The number of nitrogens with zero attached hydrogens (tertiary/aromatic N) is 5. The van der Waals surface area contributed by atoms with Crippen molar-refractivity contribution in [2.45, 2.75) is 45.8 Å². The molecule has 0 unspecified atom stereocenters. The summed E-state index contributed by atoms with van der Waals surface area (Å²) >= 11 is 0. The minimum absolute atomic E-state index is 0.00521. The van der Waals surface area contributed by atoms with Gasteiger partial charge in [0, 0.05) is 44.4 Å². The first-order chi connectivity index (χ1) is 16.1. The number of rotatable bonds is 7. The van der Waals surface area contributed by atoms with Crippen LogP contribution in [0.1, 0.15) is 43.0 Å². The van der Waals surface area contributed by atoms with Crippen molar-refractivity contribution in [3.63, 3.8) is 0 Å². The molecule has 2 amide bonds. The molecule has 1 N–H and O–H groups in total. The maximum absolute atomic E-state index is 12.9. The van der Waals surface area contributed by atoms with Crippen molar-refractivity contribution in [3.05, 3.63) is 59.3 Å². The molecule has 0 saturated carbocycles. The van der Waals surface area contributed by atoms with E-state index >= 15 is 0 Å². The summed E-state index contributed by atoms with van der Waals surface area (Å²) in [5.74, 6) is 0.233. The van der Waals surface area contributed by atoms with Crippen molar-refractivity contribution in [2.24, 2.45) is 4.99 Å². The van der Waals surface area contributed by atoms with Crippen molar-refractivity contribution in [1.29, 1.82) is 0 Å². The maximum Gasteiger partial charge on any atom is 0.417 e. The fraction of sp³-hybridized carbons (Fsp3) is 0.348. The number of pyridine rings is 1. The average Bonchev–Trinajstić information content (AvgIpc) is 3.19. The molecule has 0 radical (unpaired) electrons. The minimum Gasteiger partial charge on any atom is -0.311 e. The summed E-state index contributed by atoms with van der Waals surface area (Å²) < 4.78 is 40.5. The molecule has 1 aliphatic rings. The van der Waals surface area contributed by atoms with E-state index in [0.29, 0.717) is 12.1 Å². The Bertz CT molecular complexity index is 1150. The lowest BCUT2D eigenvalue weighted by atomic mass is 10.1. The predicted molar refractivity (Wildman–Crippen MR) is 122 cm³/mol. The summed E-state index contributed by atoms with van der Waals surface area (Å²) in [6.07, 6.45) is 1.23. The molecule has 3 rings (SSSR count). The van der Waals surface area contributed by atoms with Crippen LogP contribution in [0.3, 0.4) is 0 Å². The molecule has 0 bridgehead atoms. The smallest absolute Gasteiger partial charge is 0.311 e. The highest BCUT2D eigenvalue weighted by molar-refractivity contribution is 5.95. The topological polar surface area (TPSA) is 92.5 Å². The molecule has 11 heteroatoms. The SMILES string of the molecule is C=N/C(=C\C=C(/C)c1cncc(C(F)(F)F)c1)NC(=O)CCC(=O)N1CCCn2nc(C)cc21. The number of carbonyl (C=O) groups is 2. The second-order valence-corrected chi connectivity index (χ2v) is 7.83. The Kier molecular flexibility index (Phi) is 7.64. The molecule has 2 aromatic rings. The Hall–Kier alpha value is -3.76. The van der Waals surface area contributed by atoms with E-state index in [-0.39, 0.29) is 30.1 Å². The molecule has 2 aromatic heterocycles. The van der Waals surface area contributed by atoms with Gasteiger partial charge in [-0.15, -0.1) is 0 Å². The minimum atomic E-state index is -4.50. The van der Waals surface area contributed by atoms with Gasteiger partial charge in [-0.1, -0.05) is 6.08 Å². The number of hydrogen-bond acceptors (Lipinski definition) is 5. The lowest BCUT2D eigenvalue weighted by molar-refractivity contribution is -0.137. The summed E-state index contributed by atoms with van der Waals surface area (Å²) in [7, 11) is 0. The zero-order valence-electron chi connectivity index (χ0n) is 18.9. The van der Waals surface area contributed by atoms with Gasteiger partial charge in [-0.3, -0.25) is 19.5 Å². The number of carbonyl (C=O) groups excluding carboxylic acids is 2. The number of amides is 2. The fourth-order valence-electron chi connectivity index (χ4n) is 3.46. The second-order valence-electron chi connectivity index (χ2n) is 7.83. The number of aliphatic imine (C=N–C) groups is 1. The number of aromatic nitrogens is 3. The molecule has 0 spiro atoms. The predicted octanol–water partition coefficient (Wildman–Crippen LogP) is 3.88. The highest BCUT2D eigenvalue weighted by Gasteiger charge is 2.31. The largest absolute Gasteiger partial charge is 0.417 e.